The van der Waals surface area contributed by atoms with Crippen molar-refractivity contribution in [2.24, 2.45) is 0 Å². The molecule has 1 N–H and O–H groups in total. The second kappa shape index (κ2) is 8.03. The van der Waals surface area contributed by atoms with E-state index in [0.717, 1.165) is 42.1 Å². The molecule has 1 saturated heterocycles. The second-order valence-corrected chi connectivity index (χ2v) is 8.38. The SMILES string of the molecule is CC1=Cc2c(ncnc2N2CCN(C(=O)N[C@@H](C)c3cccc(Cl)c3)[C@H](C)C2)C1. The zero-order valence-electron chi connectivity index (χ0n) is 17.0. The number of aromatic nitrogens is 2. The van der Waals surface area contributed by atoms with Crippen molar-refractivity contribution >= 4 is 29.5 Å². The van der Waals surface area contributed by atoms with Crippen LogP contribution >= 0.6 is 11.6 Å². The molecule has 2 atom stereocenters. The van der Waals surface area contributed by atoms with Gasteiger partial charge in [0.1, 0.15) is 12.1 Å². The van der Waals surface area contributed by atoms with Crippen LogP contribution in [0, 0.1) is 0 Å². The van der Waals surface area contributed by atoms with Crippen molar-refractivity contribution in [2.75, 3.05) is 24.5 Å². The van der Waals surface area contributed by atoms with Gasteiger partial charge in [-0.2, -0.15) is 0 Å². The standard InChI is InChI=1S/C22H26ClN5O/c1-14-9-19-20(10-14)24-13-25-21(19)27-7-8-28(15(2)12-27)22(29)26-16(3)17-5-4-6-18(23)11-17/h4-6,9,11,13,15-16H,7-8,10,12H2,1-3H3,(H,26,29)/t15-,16+/m1/s1. The first-order valence-corrected chi connectivity index (χ1v) is 10.4. The summed E-state index contributed by atoms with van der Waals surface area (Å²) in [7, 11) is 0. The number of rotatable bonds is 3. The van der Waals surface area contributed by atoms with Gasteiger partial charge in [0.2, 0.25) is 0 Å². The Hall–Kier alpha value is -2.60. The zero-order chi connectivity index (χ0) is 20.5. The van der Waals surface area contributed by atoms with Crippen LogP contribution in [0.25, 0.3) is 6.08 Å². The number of fused-ring (bicyclic) bond motifs is 1. The predicted molar refractivity (Wildman–Crippen MR) is 116 cm³/mol. The highest BCUT2D eigenvalue weighted by Gasteiger charge is 2.30. The van der Waals surface area contributed by atoms with Gasteiger partial charge in [-0.25, -0.2) is 14.8 Å². The number of hydrogen-bond acceptors (Lipinski definition) is 4. The number of urea groups is 1. The molecule has 0 spiro atoms. The van der Waals surface area contributed by atoms with Gasteiger partial charge in [0, 0.05) is 42.7 Å². The van der Waals surface area contributed by atoms with E-state index in [2.05, 4.69) is 40.1 Å². The number of allylic oxidation sites excluding steroid dienone is 1. The van der Waals surface area contributed by atoms with Crippen molar-refractivity contribution in [1.82, 2.24) is 20.2 Å². The van der Waals surface area contributed by atoms with Crippen molar-refractivity contribution in [3.63, 3.8) is 0 Å². The third kappa shape index (κ3) is 4.08. The van der Waals surface area contributed by atoms with Crippen molar-refractivity contribution in [3.05, 3.63) is 58.0 Å². The summed E-state index contributed by atoms with van der Waals surface area (Å²) in [6.45, 7) is 8.32. The number of amides is 2. The molecule has 2 heterocycles. The van der Waals surface area contributed by atoms with E-state index >= 15 is 0 Å². The van der Waals surface area contributed by atoms with E-state index in [0.29, 0.717) is 11.6 Å². The predicted octanol–water partition coefficient (Wildman–Crippen LogP) is 4.07. The van der Waals surface area contributed by atoms with E-state index in [-0.39, 0.29) is 18.1 Å². The fourth-order valence-corrected chi connectivity index (χ4v) is 4.30. The average Bonchev–Trinajstić information content (AvgIpc) is 3.07. The molecule has 0 unspecified atom stereocenters. The first-order valence-electron chi connectivity index (χ1n) is 10.0. The Morgan fingerprint density at radius 3 is 2.90 bits per heavy atom. The first-order chi connectivity index (χ1) is 13.9. The minimum absolute atomic E-state index is 0.0479. The van der Waals surface area contributed by atoms with Crippen LogP contribution in [0.15, 0.2) is 36.2 Å². The normalized spacial score (nSPS) is 19.6. The molecule has 1 aliphatic carbocycles. The van der Waals surface area contributed by atoms with Crippen LogP contribution in [0.2, 0.25) is 5.02 Å². The van der Waals surface area contributed by atoms with E-state index in [4.69, 9.17) is 11.6 Å². The largest absolute Gasteiger partial charge is 0.352 e. The fourth-order valence-electron chi connectivity index (χ4n) is 4.10. The Morgan fingerprint density at radius 1 is 1.31 bits per heavy atom. The van der Waals surface area contributed by atoms with E-state index in [1.165, 1.54) is 5.57 Å². The fraction of sp³-hybridized carbons (Fsp3) is 0.409. The van der Waals surface area contributed by atoms with Crippen LogP contribution < -0.4 is 10.2 Å². The topological polar surface area (TPSA) is 61.4 Å². The molecule has 0 radical (unpaired) electrons. The minimum atomic E-state index is -0.107. The summed E-state index contributed by atoms with van der Waals surface area (Å²) in [6, 6.07) is 7.52. The quantitative estimate of drug-likeness (QED) is 0.826. The lowest BCUT2D eigenvalue weighted by Crippen LogP contribution is -2.57. The highest BCUT2D eigenvalue weighted by atomic mass is 35.5. The Labute approximate surface area is 176 Å². The summed E-state index contributed by atoms with van der Waals surface area (Å²) >= 11 is 6.08. The molecule has 2 aromatic rings. The molecular formula is C22H26ClN5O. The van der Waals surface area contributed by atoms with E-state index in [9.17, 15) is 4.79 Å². The molecule has 29 heavy (non-hydrogen) atoms. The summed E-state index contributed by atoms with van der Waals surface area (Å²) < 4.78 is 0. The second-order valence-electron chi connectivity index (χ2n) is 7.94. The van der Waals surface area contributed by atoms with Crippen LogP contribution in [0.4, 0.5) is 10.6 Å². The van der Waals surface area contributed by atoms with Gasteiger partial charge < -0.3 is 15.1 Å². The lowest BCUT2D eigenvalue weighted by Gasteiger charge is -2.41. The molecule has 4 rings (SSSR count). The average molecular weight is 412 g/mol. The Balaban J connectivity index is 1.42. The molecule has 7 heteroatoms. The maximum Gasteiger partial charge on any atom is 0.318 e. The summed E-state index contributed by atoms with van der Waals surface area (Å²) in [6.07, 6.45) is 4.72. The van der Waals surface area contributed by atoms with Crippen molar-refractivity contribution < 1.29 is 4.79 Å². The number of benzene rings is 1. The Morgan fingerprint density at radius 2 is 2.14 bits per heavy atom. The zero-order valence-corrected chi connectivity index (χ0v) is 17.8. The summed E-state index contributed by atoms with van der Waals surface area (Å²) in [5.74, 6) is 0.978. The maximum atomic E-state index is 12.9. The highest BCUT2D eigenvalue weighted by Crippen LogP contribution is 2.31. The van der Waals surface area contributed by atoms with Crippen molar-refractivity contribution in [2.45, 2.75) is 39.3 Å². The van der Waals surface area contributed by atoms with Crippen LogP contribution in [0.1, 0.15) is 43.6 Å². The number of anilines is 1. The molecule has 6 nitrogen and oxygen atoms in total. The molecule has 2 aliphatic rings. The van der Waals surface area contributed by atoms with Gasteiger partial charge in [0.25, 0.3) is 0 Å². The third-order valence-electron chi connectivity index (χ3n) is 5.66. The Kier molecular flexibility index (Phi) is 5.46. The van der Waals surface area contributed by atoms with Crippen LogP contribution in [0.3, 0.4) is 0 Å². The molecule has 2 amide bonds. The molecule has 1 aromatic heterocycles. The number of piperazine rings is 1. The minimum Gasteiger partial charge on any atom is -0.352 e. The number of carbonyl (C=O) groups excluding carboxylic acids is 1. The monoisotopic (exact) mass is 411 g/mol. The van der Waals surface area contributed by atoms with Gasteiger partial charge in [0.15, 0.2) is 0 Å². The van der Waals surface area contributed by atoms with Crippen molar-refractivity contribution in [3.8, 4) is 0 Å². The molecule has 1 fully saturated rings. The van der Waals surface area contributed by atoms with E-state index in [1.807, 2.05) is 36.1 Å². The summed E-state index contributed by atoms with van der Waals surface area (Å²) in [5.41, 5.74) is 4.53. The molecule has 1 aromatic carbocycles. The van der Waals surface area contributed by atoms with Gasteiger partial charge >= 0.3 is 6.03 Å². The van der Waals surface area contributed by atoms with E-state index in [1.54, 1.807) is 6.33 Å². The Bertz CT molecular complexity index is 960. The molecule has 152 valence electrons. The van der Waals surface area contributed by atoms with Crippen LogP contribution in [-0.2, 0) is 6.42 Å². The van der Waals surface area contributed by atoms with Gasteiger partial charge in [-0.05, 0) is 38.5 Å². The maximum absolute atomic E-state index is 12.9. The molecule has 0 bridgehead atoms. The number of nitrogens with zero attached hydrogens (tertiary/aromatic N) is 4. The van der Waals surface area contributed by atoms with Gasteiger partial charge in [-0.3, -0.25) is 0 Å². The van der Waals surface area contributed by atoms with Crippen LogP contribution in [0.5, 0.6) is 0 Å². The lowest BCUT2D eigenvalue weighted by atomic mass is 10.1. The number of hydrogen-bond donors (Lipinski definition) is 1. The number of nitrogens with one attached hydrogen (secondary N) is 1. The van der Waals surface area contributed by atoms with Gasteiger partial charge in [-0.15, -0.1) is 0 Å². The lowest BCUT2D eigenvalue weighted by molar-refractivity contribution is 0.168. The van der Waals surface area contributed by atoms with E-state index < -0.39 is 0 Å². The number of carbonyl (C=O) groups is 1. The highest BCUT2D eigenvalue weighted by molar-refractivity contribution is 6.30. The molecular weight excluding hydrogens is 386 g/mol. The van der Waals surface area contributed by atoms with Gasteiger partial charge in [0.05, 0.1) is 11.7 Å². The smallest absolute Gasteiger partial charge is 0.318 e. The molecule has 1 aliphatic heterocycles. The summed E-state index contributed by atoms with van der Waals surface area (Å²) in [5, 5.41) is 3.77. The van der Waals surface area contributed by atoms with Crippen LogP contribution in [-0.4, -0.2) is 46.6 Å². The summed E-state index contributed by atoms with van der Waals surface area (Å²) in [4.78, 5) is 26.0. The molecule has 0 saturated carbocycles. The first kappa shape index (κ1) is 19.7. The van der Waals surface area contributed by atoms with Crippen molar-refractivity contribution in [1.29, 1.82) is 0 Å². The number of halogens is 1. The third-order valence-corrected chi connectivity index (χ3v) is 5.89. The van der Waals surface area contributed by atoms with Gasteiger partial charge in [-0.1, -0.05) is 35.4 Å².